The van der Waals surface area contributed by atoms with Crippen LogP contribution < -0.4 is 10.6 Å². The van der Waals surface area contributed by atoms with Crippen LogP contribution in [0.4, 0.5) is 23.2 Å². The van der Waals surface area contributed by atoms with Gasteiger partial charge in [-0.05, 0) is 60.6 Å². The minimum absolute atomic E-state index is 0.00340. The summed E-state index contributed by atoms with van der Waals surface area (Å²) in [5.41, 5.74) is 1.38. The number of nitrogens with zero attached hydrogens (tertiary/aromatic N) is 4. The lowest BCUT2D eigenvalue weighted by atomic mass is 10.1. The first kappa shape index (κ1) is 31.2. The molecule has 1 heterocycles. The van der Waals surface area contributed by atoms with Crippen LogP contribution >= 0.6 is 12.2 Å². The lowest BCUT2D eigenvalue weighted by Gasteiger charge is -2.30. The molecule has 0 unspecified atom stereocenters. The Hall–Kier alpha value is -4.76. The van der Waals surface area contributed by atoms with Gasteiger partial charge in [0, 0.05) is 37.6 Å². The molecule has 4 rings (SSSR count). The molecule has 0 bridgehead atoms. The van der Waals surface area contributed by atoms with Gasteiger partial charge in [-0.25, -0.2) is 9.37 Å². The van der Waals surface area contributed by atoms with Crippen LogP contribution in [0.15, 0.2) is 85.3 Å². The smallest absolute Gasteiger partial charge is 0.352 e. The molecule has 1 amide bonds. The van der Waals surface area contributed by atoms with E-state index < -0.39 is 23.6 Å². The zero-order chi connectivity index (χ0) is 31.0. The van der Waals surface area contributed by atoms with Gasteiger partial charge in [0.15, 0.2) is 5.11 Å². The van der Waals surface area contributed by atoms with Gasteiger partial charge < -0.3 is 20.1 Å². The Bertz CT molecular complexity index is 1610. The molecule has 2 N–H and O–H groups in total. The van der Waals surface area contributed by atoms with E-state index in [9.17, 15) is 22.4 Å². The minimum atomic E-state index is -4.58. The molecule has 43 heavy (non-hydrogen) atoms. The fraction of sp³-hybridized carbons (Fsp3) is 0.226. The fourth-order valence-electron chi connectivity index (χ4n) is 4.50. The predicted octanol–water partition coefficient (Wildman–Crippen LogP) is 5.91. The van der Waals surface area contributed by atoms with E-state index in [1.165, 1.54) is 41.3 Å². The third kappa shape index (κ3) is 8.62. The number of hydrogen-bond donors (Lipinski definition) is 2. The van der Waals surface area contributed by atoms with Crippen LogP contribution in [0, 0.1) is 17.1 Å². The lowest BCUT2D eigenvalue weighted by molar-refractivity contribution is -0.138. The van der Waals surface area contributed by atoms with Gasteiger partial charge in [-0.2, -0.15) is 18.4 Å². The number of thiocarbonyl (C=S) groups is 1. The van der Waals surface area contributed by atoms with E-state index in [0.717, 1.165) is 11.6 Å². The number of aromatic nitrogens is 2. The summed E-state index contributed by atoms with van der Waals surface area (Å²) < 4.78 is 57.3. The molecule has 222 valence electrons. The molecule has 0 saturated carbocycles. The van der Waals surface area contributed by atoms with Crippen molar-refractivity contribution in [3.63, 3.8) is 0 Å². The third-order valence-corrected chi connectivity index (χ3v) is 6.92. The number of carbonyl (C=O) groups is 1. The number of rotatable bonds is 10. The number of amides is 1. The molecule has 0 radical (unpaired) electrons. The summed E-state index contributed by atoms with van der Waals surface area (Å²) in [5, 5.41) is 14.7. The van der Waals surface area contributed by atoms with Crippen molar-refractivity contribution in [2.45, 2.75) is 38.7 Å². The van der Waals surface area contributed by atoms with Gasteiger partial charge >= 0.3 is 6.18 Å². The largest absolute Gasteiger partial charge is 0.416 e. The molecule has 7 nitrogen and oxygen atoms in total. The molecule has 3 aromatic carbocycles. The Labute approximate surface area is 251 Å². The molecule has 1 atom stereocenters. The average Bonchev–Trinajstić information content (AvgIpc) is 3.39. The van der Waals surface area contributed by atoms with Gasteiger partial charge in [0.05, 0.1) is 35.6 Å². The maximum absolute atomic E-state index is 14.3. The highest BCUT2D eigenvalue weighted by Crippen LogP contribution is 2.32. The Morgan fingerprint density at radius 2 is 1.79 bits per heavy atom. The molecule has 0 saturated heterocycles. The summed E-state index contributed by atoms with van der Waals surface area (Å²) in [6.45, 7) is 1.98. The Balaban J connectivity index is 1.45. The van der Waals surface area contributed by atoms with Gasteiger partial charge in [0.25, 0.3) is 0 Å². The molecule has 12 heteroatoms. The summed E-state index contributed by atoms with van der Waals surface area (Å²) in [7, 11) is 0. The van der Waals surface area contributed by atoms with Crippen LogP contribution in [0.5, 0.6) is 0 Å². The molecule has 0 spiro atoms. The lowest BCUT2D eigenvalue weighted by Crippen LogP contribution is -2.46. The Morgan fingerprint density at radius 3 is 2.49 bits per heavy atom. The number of para-hydroxylation sites is 1. The first-order chi connectivity index (χ1) is 20.5. The second-order valence-electron chi connectivity index (χ2n) is 9.91. The van der Waals surface area contributed by atoms with Crippen molar-refractivity contribution in [3.8, 4) is 6.07 Å². The minimum Gasteiger partial charge on any atom is -0.352 e. The molecular formula is C31H28F4N6OS. The molecule has 0 aliphatic heterocycles. The van der Waals surface area contributed by atoms with Crippen LogP contribution in [0.1, 0.15) is 34.9 Å². The number of imidazole rings is 1. The molecule has 4 aromatic rings. The summed E-state index contributed by atoms with van der Waals surface area (Å²) >= 11 is 5.50. The van der Waals surface area contributed by atoms with Crippen molar-refractivity contribution in [3.05, 3.63) is 119 Å². The van der Waals surface area contributed by atoms with Crippen molar-refractivity contribution >= 4 is 28.9 Å². The second kappa shape index (κ2) is 13.9. The van der Waals surface area contributed by atoms with Crippen molar-refractivity contribution in [1.29, 1.82) is 5.26 Å². The van der Waals surface area contributed by atoms with E-state index in [0.29, 0.717) is 17.8 Å². The van der Waals surface area contributed by atoms with E-state index in [2.05, 4.69) is 21.7 Å². The van der Waals surface area contributed by atoms with Crippen LogP contribution in [-0.2, 0) is 30.5 Å². The highest BCUT2D eigenvalue weighted by Gasteiger charge is 2.33. The number of benzene rings is 3. The van der Waals surface area contributed by atoms with Crippen LogP contribution in [-0.4, -0.2) is 38.1 Å². The van der Waals surface area contributed by atoms with Gasteiger partial charge in [-0.15, -0.1) is 0 Å². The number of anilines is 1. The average molecular weight is 609 g/mol. The fourth-order valence-corrected chi connectivity index (χ4v) is 4.75. The molecular weight excluding hydrogens is 580 g/mol. The van der Waals surface area contributed by atoms with E-state index >= 15 is 0 Å². The van der Waals surface area contributed by atoms with Gasteiger partial charge in [0.1, 0.15) is 5.82 Å². The molecule has 0 fully saturated rings. The van der Waals surface area contributed by atoms with Crippen molar-refractivity contribution < 1.29 is 22.4 Å². The summed E-state index contributed by atoms with van der Waals surface area (Å²) in [6.07, 6.45) is -1.38. The van der Waals surface area contributed by atoms with Crippen LogP contribution in [0.25, 0.3) is 0 Å². The van der Waals surface area contributed by atoms with E-state index in [4.69, 9.17) is 17.5 Å². The number of hydrogen-bond acceptors (Lipinski definition) is 4. The Morgan fingerprint density at radius 1 is 1.09 bits per heavy atom. The summed E-state index contributed by atoms with van der Waals surface area (Å²) in [4.78, 5) is 18.6. The monoisotopic (exact) mass is 608 g/mol. The zero-order valence-electron chi connectivity index (χ0n) is 23.1. The highest BCUT2D eigenvalue weighted by atomic mass is 32.1. The topological polar surface area (TPSA) is 86.0 Å². The maximum Gasteiger partial charge on any atom is 0.416 e. The number of nitrogens with one attached hydrogen (secondary N) is 2. The van der Waals surface area contributed by atoms with Crippen molar-refractivity contribution in [1.82, 2.24) is 19.8 Å². The number of alkyl halides is 3. The number of nitriles is 1. The third-order valence-electron chi connectivity index (χ3n) is 6.56. The van der Waals surface area contributed by atoms with Gasteiger partial charge in [-0.1, -0.05) is 42.5 Å². The van der Waals surface area contributed by atoms with Gasteiger partial charge in [-0.3, -0.25) is 4.79 Å². The number of halogens is 4. The summed E-state index contributed by atoms with van der Waals surface area (Å²) in [6, 6.07) is 19.6. The second-order valence-corrected chi connectivity index (χ2v) is 10.3. The van der Waals surface area contributed by atoms with E-state index in [1.54, 1.807) is 37.6 Å². The van der Waals surface area contributed by atoms with Crippen molar-refractivity contribution in [2.75, 3.05) is 11.9 Å². The first-order valence-corrected chi connectivity index (χ1v) is 13.7. The molecule has 0 aliphatic carbocycles. The van der Waals surface area contributed by atoms with Gasteiger partial charge in [0.2, 0.25) is 5.91 Å². The highest BCUT2D eigenvalue weighted by molar-refractivity contribution is 7.80. The van der Waals surface area contributed by atoms with Crippen LogP contribution in [0.3, 0.4) is 0 Å². The molecule has 0 aliphatic rings. The Kier molecular flexibility index (Phi) is 10.1. The predicted molar refractivity (Wildman–Crippen MR) is 158 cm³/mol. The SMILES string of the molecule is C[C@@H](CN(Cc1ccccc1C(F)(F)F)C(=S)Nc1ccccc1F)NC(=O)Cc1cncn1Cc1ccc(C#N)cc1. The standard InChI is InChI=1S/C31H28F4N6OS/c1-21(38-29(42)14-25-16-37-20-41(25)18-23-12-10-22(15-36)11-13-23)17-40(30(43)39-28-9-5-4-8-27(28)32)19-24-6-2-3-7-26(24)31(33,34)35/h2-13,16,20-21H,14,17-19H2,1H3,(H,38,42)(H,39,43)/t21-/m0/s1. The number of carbonyl (C=O) groups excluding carboxylic acids is 1. The first-order valence-electron chi connectivity index (χ1n) is 13.3. The maximum atomic E-state index is 14.3. The van der Waals surface area contributed by atoms with E-state index in [-0.39, 0.29) is 41.8 Å². The molecule has 1 aromatic heterocycles. The zero-order valence-corrected chi connectivity index (χ0v) is 23.9. The normalized spacial score (nSPS) is 11.8. The van der Waals surface area contributed by atoms with Crippen LogP contribution in [0.2, 0.25) is 0 Å². The van der Waals surface area contributed by atoms with E-state index in [1.807, 2.05) is 16.7 Å². The quantitative estimate of drug-likeness (QED) is 0.172. The van der Waals surface area contributed by atoms with Crippen molar-refractivity contribution in [2.24, 2.45) is 0 Å². The summed E-state index contributed by atoms with van der Waals surface area (Å²) in [5.74, 6) is -0.892.